The SMILES string of the molecule is O=C(NCC1CCCO1)N1CCC2(CC1)CN(S(=O)(=O)c1ccc(C(F)F)cc1)c1ccccc12. The predicted molar refractivity (Wildman–Crippen MR) is 127 cm³/mol. The first-order valence-corrected chi connectivity index (χ1v) is 13.4. The molecule has 0 bridgehead atoms. The summed E-state index contributed by atoms with van der Waals surface area (Å²) in [6.45, 7) is 2.53. The summed E-state index contributed by atoms with van der Waals surface area (Å²) in [7, 11) is -3.94. The van der Waals surface area contributed by atoms with E-state index in [-0.39, 0.29) is 29.1 Å². The van der Waals surface area contributed by atoms with Gasteiger partial charge in [0.1, 0.15) is 0 Å². The van der Waals surface area contributed by atoms with Gasteiger partial charge < -0.3 is 15.0 Å². The van der Waals surface area contributed by atoms with Gasteiger partial charge in [0.15, 0.2) is 0 Å². The van der Waals surface area contributed by atoms with Crippen LogP contribution in [0.4, 0.5) is 19.3 Å². The van der Waals surface area contributed by atoms with Crippen LogP contribution in [0.1, 0.15) is 43.2 Å². The first kappa shape index (κ1) is 24.0. The van der Waals surface area contributed by atoms with Crippen LogP contribution in [0, 0.1) is 0 Å². The van der Waals surface area contributed by atoms with Crippen molar-refractivity contribution in [1.82, 2.24) is 10.2 Å². The number of nitrogens with zero attached hydrogens (tertiary/aromatic N) is 2. The molecule has 2 fully saturated rings. The second-order valence-electron chi connectivity index (χ2n) is 9.49. The lowest BCUT2D eigenvalue weighted by atomic mass is 9.74. The molecule has 10 heteroatoms. The number of rotatable bonds is 5. The average Bonchev–Trinajstić information content (AvgIpc) is 3.50. The Morgan fingerprint density at radius 3 is 2.49 bits per heavy atom. The van der Waals surface area contributed by atoms with Crippen LogP contribution in [0.2, 0.25) is 0 Å². The fourth-order valence-electron chi connectivity index (χ4n) is 5.40. The maximum absolute atomic E-state index is 13.5. The largest absolute Gasteiger partial charge is 0.376 e. The number of ether oxygens (including phenoxy) is 1. The maximum Gasteiger partial charge on any atom is 0.317 e. The van der Waals surface area contributed by atoms with Crippen molar-refractivity contribution in [3.05, 3.63) is 59.7 Å². The molecule has 3 heterocycles. The van der Waals surface area contributed by atoms with Gasteiger partial charge >= 0.3 is 6.03 Å². The number of benzene rings is 2. The van der Waals surface area contributed by atoms with E-state index < -0.39 is 21.9 Å². The molecule has 188 valence electrons. The number of urea groups is 1. The predicted octanol–water partition coefficient (Wildman–Crippen LogP) is 4.06. The van der Waals surface area contributed by atoms with Crippen molar-refractivity contribution in [3.8, 4) is 0 Å². The fraction of sp³-hybridized carbons (Fsp3) is 0.480. The molecule has 1 unspecified atom stereocenters. The number of halogens is 2. The van der Waals surface area contributed by atoms with E-state index >= 15 is 0 Å². The Balaban J connectivity index is 1.32. The molecule has 3 aliphatic rings. The van der Waals surface area contributed by atoms with Crippen LogP contribution < -0.4 is 9.62 Å². The van der Waals surface area contributed by atoms with Crippen molar-refractivity contribution in [1.29, 1.82) is 0 Å². The first-order valence-electron chi connectivity index (χ1n) is 11.9. The van der Waals surface area contributed by atoms with E-state index in [4.69, 9.17) is 4.74 Å². The van der Waals surface area contributed by atoms with Crippen LogP contribution in [0.3, 0.4) is 0 Å². The highest BCUT2D eigenvalue weighted by molar-refractivity contribution is 7.92. The molecule has 1 spiro atoms. The number of anilines is 1. The maximum atomic E-state index is 13.5. The van der Waals surface area contributed by atoms with E-state index in [0.717, 1.165) is 37.1 Å². The number of hydrogen-bond donors (Lipinski definition) is 1. The molecule has 5 rings (SSSR count). The van der Waals surface area contributed by atoms with Gasteiger partial charge in [-0.1, -0.05) is 30.3 Å². The third-order valence-electron chi connectivity index (χ3n) is 7.42. The summed E-state index contributed by atoms with van der Waals surface area (Å²) >= 11 is 0. The van der Waals surface area contributed by atoms with Crippen LogP contribution in [-0.2, 0) is 20.2 Å². The molecule has 1 N–H and O–H groups in total. The Morgan fingerprint density at radius 1 is 1.11 bits per heavy atom. The molecular formula is C25H29F2N3O4S. The number of nitrogens with one attached hydrogen (secondary N) is 1. The normalized spacial score (nSPS) is 21.5. The molecule has 35 heavy (non-hydrogen) atoms. The molecule has 0 aliphatic carbocycles. The topological polar surface area (TPSA) is 79.0 Å². The van der Waals surface area contributed by atoms with E-state index in [9.17, 15) is 22.0 Å². The number of carbonyl (C=O) groups excluding carboxylic acids is 1. The molecule has 0 aromatic heterocycles. The fourth-order valence-corrected chi connectivity index (χ4v) is 6.97. The van der Waals surface area contributed by atoms with Crippen LogP contribution >= 0.6 is 0 Å². The summed E-state index contributed by atoms with van der Waals surface area (Å²) in [4.78, 5) is 14.5. The van der Waals surface area contributed by atoms with Gasteiger partial charge in [-0.3, -0.25) is 4.31 Å². The minimum absolute atomic E-state index is 0.0142. The minimum atomic E-state index is -3.94. The van der Waals surface area contributed by atoms with Crippen molar-refractivity contribution in [2.24, 2.45) is 0 Å². The number of likely N-dealkylation sites (tertiary alicyclic amines) is 1. The number of sulfonamides is 1. The molecule has 7 nitrogen and oxygen atoms in total. The zero-order chi connectivity index (χ0) is 24.6. The minimum Gasteiger partial charge on any atom is -0.376 e. The number of piperidine rings is 1. The lowest BCUT2D eigenvalue weighted by Gasteiger charge is -2.39. The molecule has 2 aromatic rings. The van der Waals surface area contributed by atoms with E-state index in [2.05, 4.69) is 5.32 Å². The van der Waals surface area contributed by atoms with Crippen molar-refractivity contribution in [2.75, 3.05) is 37.1 Å². The third-order valence-corrected chi connectivity index (χ3v) is 9.20. The van der Waals surface area contributed by atoms with Gasteiger partial charge in [-0.05, 0) is 49.4 Å². The van der Waals surface area contributed by atoms with Gasteiger partial charge in [0.05, 0.1) is 16.7 Å². The average molecular weight is 506 g/mol. The van der Waals surface area contributed by atoms with Crippen LogP contribution in [0.5, 0.6) is 0 Å². The molecule has 1 atom stereocenters. The van der Waals surface area contributed by atoms with E-state index in [1.54, 1.807) is 17.0 Å². The Morgan fingerprint density at radius 2 is 1.83 bits per heavy atom. The summed E-state index contributed by atoms with van der Waals surface area (Å²) < 4.78 is 59.9. The zero-order valence-corrected chi connectivity index (χ0v) is 20.1. The monoisotopic (exact) mass is 505 g/mol. The van der Waals surface area contributed by atoms with Crippen molar-refractivity contribution < 1.29 is 26.7 Å². The molecule has 0 radical (unpaired) electrons. The summed E-state index contributed by atoms with van der Waals surface area (Å²) in [5, 5.41) is 2.96. The van der Waals surface area contributed by atoms with Crippen LogP contribution in [-0.4, -0.2) is 58.2 Å². The van der Waals surface area contributed by atoms with E-state index in [1.165, 1.54) is 16.4 Å². The van der Waals surface area contributed by atoms with Gasteiger partial charge in [-0.15, -0.1) is 0 Å². The first-order chi connectivity index (χ1) is 16.8. The third kappa shape index (κ3) is 4.49. The zero-order valence-electron chi connectivity index (χ0n) is 19.3. The lowest BCUT2D eigenvalue weighted by molar-refractivity contribution is 0.106. The second kappa shape index (κ2) is 9.39. The Hall–Kier alpha value is -2.72. The Kier molecular flexibility index (Phi) is 6.43. The smallest absolute Gasteiger partial charge is 0.317 e. The summed E-state index contributed by atoms with van der Waals surface area (Å²) in [5.41, 5.74) is 0.944. The van der Waals surface area contributed by atoms with Gasteiger partial charge in [0.25, 0.3) is 16.4 Å². The summed E-state index contributed by atoms with van der Waals surface area (Å²) in [6.07, 6.45) is 0.652. The molecular weight excluding hydrogens is 476 g/mol. The molecule has 0 saturated carbocycles. The highest BCUT2D eigenvalue weighted by Gasteiger charge is 2.48. The van der Waals surface area contributed by atoms with Gasteiger partial charge in [-0.25, -0.2) is 22.0 Å². The quantitative estimate of drug-likeness (QED) is 0.665. The Labute approximate surface area is 204 Å². The lowest BCUT2D eigenvalue weighted by Crippen LogP contribution is -2.51. The van der Waals surface area contributed by atoms with Gasteiger partial charge in [0.2, 0.25) is 0 Å². The molecule has 3 aliphatic heterocycles. The standard InChI is InChI=1S/C25H29F2N3O4S/c26-23(27)18-7-9-20(10-8-18)35(32,33)30-17-25(21-5-1-2-6-22(21)30)11-13-29(14-12-25)24(31)28-16-19-4-3-15-34-19/h1-2,5-10,19,23H,3-4,11-17H2,(H,28,31). The van der Waals surface area contributed by atoms with Gasteiger partial charge in [-0.2, -0.15) is 0 Å². The van der Waals surface area contributed by atoms with Crippen LogP contribution in [0.25, 0.3) is 0 Å². The highest BCUT2D eigenvalue weighted by atomic mass is 32.2. The van der Waals surface area contributed by atoms with Gasteiger partial charge in [0, 0.05) is 43.8 Å². The highest BCUT2D eigenvalue weighted by Crippen LogP contribution is 2.48. The number of para-hydroxylation sites is 1. The van der Waals surface area contributed by atoms with Crippen molar-refractivity contribution in [3.63, 3.8) is 0 Å². The second-order valence-corrected chi connectivity index (χ2v) is 11.3. The molecule has 2 aromatic carbocycles. The number of carbonyl (C=O) groups is 1. The number of amides is 2. The van der Waals surface area contributed by atoms with E-state index in [1.807, 2.05) is 12.1 Å². The molecule has 2 amide bonds. The Bertz CT molecular complexity index is 1180. The summed E-state index contributed by atoms with van der Waals surface area (Å²) in [5.74, 6) is 0. The number of alkyl halides is 2. The summed E-state index contributed by atoms with van der Waals surface area (Å²) in [6, 6.07) is 12.1. The van der Waals surface area contributed by atoms with Crippen LogP contribution in [0.15, 0.2) is 53.4 Å². The molecule has 2 saturated heterocycles. The number of fused-ring (bicyclic) bond motifs is 2. The van der Waals surface area contributed by atoms with Crippen molar-refractivity contribution >= 4 is 21.7 Å². The van der Waals surface area contributed by atoms with E-state index in [0.29, 0.717) is 38.2 Å². The number of hydrogen-bond acceptors (Lipinski definition) is 4. The van der Waals surface area contributed by atoms with Crippen molar-refractivity contribution in [2.45, 2.75) is 48.5 Å².